The quantitative estimate of drug-likeness (QED) is 0.397. The van der Waals surface area contributed by atoms with E-state index in [1.165, 1.54) is 4.90 Å². The highest BCUT2D eigenvalue weighted by molar-refractivity contribution is 7.98. The molecule has 0 saturated carbocycles. The van der Waals surface area contributed by atoms with E-state index in [1.54, 1.807) is 22.7 Å². The van der Waals surface area contributed by atoms with Crippen molar-refractivity contribution in [2.24, 2.45) is 5.10 Å². The van der Waals surface area contributed by atoms with Crippen LogP contribution in [0.25, 0.3) is 0 Å². The number of halogens is 1. The van der Waals surface area contributed by atoms with Gasteiger partial charge in [0.1, 0.15) is 0 Å². The molecule has 1 aromatic heterocycles. The molecular formula is C17H15ClN4S2. The highest BCUT2D eigenvalue weighted by Gasteiger charge is 2.06. The predicted octanol–water partition coefficient (Wildman–Crippen LogP) is 4.79. The van der Waals surface area contributed by atoms with E-state index in [4.69, 9.17) is 23.8 Å². The maximum atomic E-state index is 5.89. The summed E-state index contributed by atoms with van der Waals surface area (Å²) in [6.45, 7) is 0. The highest BCUT2D eigenvalue weighted by atomic mass is 35.5. The Hall–Kier alpha value is -1.89. The Labute approximate surface area is 154 Å². The molecule has 1 heterocycles. The molecule has 0 amide bonds. The van der Waals surface area contributed by atoms with E-state index >= 15 is 0 Å². The Balaban J connectivity index is 1.82. The normalized spacial score (nSPS) is 11.2. The number of aromatic amines is 1. The second-order valence-corrected chi connectivity index (χ2v) is 6.78. The van der Waals surface area contributed by atoms with Gasteiger partial charge in [-0.15, -0.1) is 11.8 Å². The maximum Gasteiger partial charge on any atom is 0.216 e. The van der Waals surface area contributed by atoms with Gasteiger partial charge in [-0.1, -0.05) is 35.9 Å². The first kappa shape index (κ1) is 17.0. The predicted molar refractivity (Wildman–Crippen MR) is 103 cm³/mol. The van der Waals surface area contributed by atoms with Crippen LogP contribution in [-0.4, -0.2) is 27.3 Å². The van der Waals surface area contributed by atoms with Crippen molar-refractivity contribution in [1.82, 2.24) is 14.9 Å². The SMILES string of the molecule is CSc1ccc(Cc2n[nH]c(=S)n2/N=C/c2ccc(Cl)cc2)cc1. The average Bonchev–Trinajstić information content (AvgIpc) is 2.95. The fourth-order valence-corrected chi connectivity index (χ4v) is 2.89. The van der Waals surface area contributed by atoms with E-state index in [0.29, 0.717) is 16.2 Å². The van der Waals surface area contributed by atoms with Crippen molar-refractivity contribution in [3.05, 3.63) is 75.3 Å². The molecule has 0 atom stereocenters. The van der Waals surface area contributed by atoms with Gasteiger partial charge < -0.3 is 0 Å². The molecule has 3 aromatic rings. The molecule has 24 heavy (non-hydrogen) atoms. The number of H-pyrrole nitrogens is 1. The van der Waals surface area contributed by atoms with Gasteiger partial charge in [-0.2, -0.15) is 14.9 Å². The molecule has 0 fully saturated rings. The molecule has 3 rings (SSSR count). The Kier molecular flexibility index (Phi) is 5.50. The van der Waals surface area contributed by atoms with Crippen molar-refractivity contribution >= 4 is 41.8 Å². The van der Waals surface area contributed by atoms with Gasteiger partial charge in [-0.3, -0.25) is 5.10 Å². The van der Waals surface area contributed by atoms with Gasteiger partial charge in [0.2, 0.25) is 4.77 Å². The largest absolute Gasteiger partial charge is 0.250 e. The summed E-state index contributed by atoms with van der Waals surface area (Å²) in [5.74, 6) is 0.766. The van der Waals surface area contributed by atoms with Crippen molar-refractivity contribution in [2.45, 2.75) is 11.3 Å². The van der Waals surface area contributed by atoms with Gasteiger partial charge in [0.15, 0.2) is 5.82 Å². The number of nitrogens with zero attached hydrogens (tertiary/aromatic N) is 3. The smallest absolute Gasteiger partial charge is 0.216 e. The maximum absolute atomic E-state index is 5.89. The molecule has 4 nitrogen and oxygen atoms in total. The standard InChI is InChI=1S/C17H15ClN4S2/c1-24-15-8-4-12(5-9-15)10-16-20-21-17(23)22(16)19-11-13-2-6-14(18)7-3-13/h2-9,11H,10H2,1H3,(H,21,23)/b19-11+. The van der Waals surface area contributed by atoms with Crippen molar-refractivity contribution in [3.63, 3.8) is 0 Å². The van der Waals surface area contributed by atoms with Crippen LogP contribution >= 0.6 is 35.6 Å². The summed E-state index contributed by atoms with van der Waals surface area (Å²) in [7, 11) is 0. The fourth-order valence-electron chi connectivity index (χ4n) is 2.16. The molecule has 122 valence electrons. The molecule has 0 aliphatic rings. The molecule has 0 aliphatic carbocycles. The van der Waals surface area contributed by atoms with E-state index in [9.17, 15) is 0 Å². The van der Waals surface area contributed by atoms with Crippen LogP contribution in [0.15, 0.2) is 58.5 Å². The lowest BCUT2D eigenvalue weighted by Gasteiger charge is -2.03. The van der Waals surface area contributed by atoms with Crippen molar-refractivity contribution in [3.8, 4) is 0 Å². The van der Waals surface area contributed by atoms with E-state index in [0.717, 1.165) is 17.0 Å². The first-order valence-electron chi connectivity index (χ1n) is 7.25. The average molecular weight is 375 g/mol. The Morgan fingerprint density at radius 2 is 1.92 bits per heavy atom. The summed E-state index contributed by atoms with van der Waals surface area (Å²) in [6, 6.07) is 15.8. The van der Waals surface area contributed by atoms with Gasteiger partial charge in [0.05, 0.1) is 6.21 Å². The van der Waals surface area contributed by atoms with Crippen molar-refractivity contribution < 1.29 is 0 Å². The van der Waals surface area contributed by atoms with Gasteiger partial charge in [0, 0.05) is 16.3 Å². The lowest BCUT2D eigenvalue weighted by atomic mass is 10.1. The number of hydrogen-bond donors (Lipinski definition) is 1. The van der Waals surface area contributed by atoms with Gasteiger partial charge >= 0.3 is 0 Å². The van der Waals surface area contributed by atoms with E-state index in [-0.39, 0.29) is 0 Å². The van der Waals surface area contributed by atoms with Crippen LogP contribution in [0.4, 0.5) is 0 Å². The summed E-state index contributed by atoms with van der Waals surface area (Å²) >= 11 is 12.9. The second kappa shape index (κ2) is 7.79. The van der Waals surface area contributed by atoms with Crippen LogP contribution < -0.4 is 0 Å². The summed E-state index contributed by atoms with van der Waals surface area (Å²) in [5.41, 5.74) is 2.10. The third-order valence-electron chi connectivity index (χ3n) is 3.43. The molecule has 7 heteroatoms. The summed E-state index contributed by atoms with van der Waals surface area (Å²) < 4.78 is 2.11. The third kappa shape index (κ3) is 4.14. The van der Waals surface area contributed by atoms with Gasteiger partial charge in [-0.05, 0) is 53.9 Å². The summed E-state index contributed by atoms with van der Waals surface area (Å²) in [6.07, 6.45) is 4.45. The molecular weight excluding hydrogens is 360 g/mol. The van der Waals surface area contributed by atoms with Crippen LogP contribution in [0.3, 0.4) is 0 Å². The number of nitrogens with one attached hydrogen (secondary N) is 1. The molecule has 2 aromatic carbocycles. The van der Waals surface area contributed by atoms with E-state index in [1.807, 2.05) is 24.3 Å². The topological polar surface area (TPSA) is 46.0 Å². The molecule has 0 saturated heterocycles. The molecule has 0 spiro atoms. The number of aromatic nitrogens is 3. The summed E-state index contributed by atoms with van der Waals surface area (Å²) in [5, 5.41) is 12.2. The number of benzene rings is 2. The molecule has 1 N–H and O–H groups in total. The van der Waals surface area contributed by atoms with Gasteiger partial charge in [-0.25, -0.2) is 0 Å². The minimum atomic E-state index is 0.468. The van der Waals surface area contributed by atoms with Gasteiger partial charge in [0.25, 0.3) is 0 Å². The zero-order valence-electron chi connectivity index (χ0n) is 12.9. The lowest BCUT2D eigenvalue weighted by Crippen LogP contribution is -2.00. The minimum Gasteiger partial charge on any atom is -0.250 e. The lowest BCUT2D eigenvalue weighted by molar-refractivity contribution is 0.791. The van der Waals surface area contributed by atoms with Crippen LogP contribution in [0.2, 0.25) is 5.02 Å². The third-order valence-corrected chi connectivity index (χ3v) is 4.69. The first-order chi connectivity index (χ1) is 11.7. The number of thioether (sulfide) groups is 1. The molecule has 0 aliphatic heterocycles. The van der Waals surface area contributed by atoms with Crippen LogP contribution in [0.1, 0.15) is 17.0 Å². The highest BCUT2D eigenvalue weighted by Crippen LogP contribution is 2.16. The van der Waals surface area contributed by atoms with Crippen LogP contribution in [0, 0.1) is 4.77 Å². The molecule has 0 bridgehead atoms. The van der Waals surface area contributed by atoms with E-state index < -0.39 is 0 Å². The zero-order chi connectivity index (χ0) is 16.9. The Morgan fingerprint density at radius 1 is 1.21 bits per heavy atom. The summed E-state index contributed by atoms with van der Waals surface area (Å²) in [4.78, 5) is 1.23. The number of rotatable bonds is 5. The minimum absolute atomic E-state index is 0.468. The van der Waals surface area contributed by atoms with Crippen molar-refractivity contribution in [1.29, 1.82) is 0 Å². The Bertz CT molecular complexity index is 896. The first-order valence-corrected chi connectivity index (χ1v) is 9.26. The Morgan fingerprint density at radius 3 is 2.58 bits per heavy atom. The monoisotopic (exact) mass is 374 g/mol. The second-order valence-electron chi connectivity index (χ2n) is 5.08. The zero-order valence-corrected chi connectivity index (χ0v) is 15.3. The van der Waals surface area contributed by atoms with Crippen molar-refractivity contribution in [2.75, 3.05) is 6.26 Å². The van der Waals surface area contributed by atoms with E-state index in [2.05, 4.69) is 45.8 Å². The molecule has 0 unspecified atom stereocenters. The van der Waals surface area contributed by atoms with Crippen LogP contribution in [-0.2, 0) is 6.42 Å². The molecule has 0 radical (unpaired) electrons. The number of hydrogen-bond acceptors (Lipinski definition) is 4. The fraction of sp³-hybridized carbons (Fsp3) is 0.118. The van der Waals surface area contributed by atoms with Crippen LogP contribution in [0.5, 0.6) is 0 Å².